The summed E-state index contributed by atoms with van der Waals surface area (Å²) in [5.41, 5.74) is 0. The summed E-state index contributed by atoms with van der Waals surface area (Å²) in [4.78, 5) is 13.2. The molecule has 0 aliphatic heterocycles. The Morgan fingerprint density at radius 2 is 2.27 bits per heavy atom. The molecular weight excluding hydrogens is 210 g/mol. The molecule has 0 aromatic carbocycles. The molecule has 0 saturated carbocycles. The van der Waals surface area contributed by atoms with Crippen molar-refractivity contribution in [2.45, 2.75) is 20.3 Å². The molecule has 0 bridgehead atoms. The van der Waals surface area contributed by atoms with Crippen LogP contribution in [0.25, 0.3) is 0 Å². The average molecular weight is 227 g/mol. The molecule has 84 valence electrons. The third-order valence-electron chi connectivity index (χ3n) is 2.46. The summed E-state index contributed by atoms with van der Waals surface area (Å²) < 4.78 is 0. The number of carbonyl (C=O) groups is 1. The molecule has 0 spiro atoms. The molecule has 3 nitrogen and oxygen atoms in total. The molecular formula is C11H17NO2S. The highest BCUT2D eigenvalue weighted by Gasteiger charge is 2.11. The second-order valence-electron chi connectivity index (χ2n) is 3.84. The number of aromatic carboxylic acids is 1. The van der Waals surface area contributed by atoms with E-state index in [4.69, 9.17) is 5.11 Å². The first-order chi connectivity index (χ1) is 7.04. The van der Waals surface area contributed by atoms with Gasteiger partial charge in [-0.1, -0.05) is 20.3 Å². The number of thiophene rings is 1. The molecule has 0 aliphatic rings. The lowest BCUT2D eigenvalue weighted by Crippen LogP contribution is -2.22. The maximum absolute atomic E-state index is 10.7. The van der Waals surface area contributed by atoms with Gasteiger partial charge in [0, 0.05) is 13.6 Å². The summed E-state index contributed by atoms with van der Waals surface area (Å²) >= 11 is 1.33. The highest BCUT2D eigenvalue weighted by Crippen LogP contribution is 2.25. The van der Waals surface area contributed by atoms with Crippen molar-refractivity contribution in [1.29, 1.82) is 0 Å². The smallest absolute Gasteiger partial charge is 0.345 e. The van der Waals surface area contributed by atoms with E-state index in [0.717, 1.165) is 18.0 Å². The van der Waals surface area contributed by atoms with Gasteiger partial charge < -0.3 is 10.0 Å². The first kappa shape index (κ1) is 12.0. The minimum Gasteiger partial charge on any atom is -0.477 e. The van der Waals surface area contributed by atoms with Gasteiger partial charge in [-0.25, -0.2) is 4.79 Å². The molecule has 1 heterocycles. The van der Waals surface area contributed by atoms with Gasteiger partial charge in [0.2, 0.25) is 0 Å². The molecule has 0 saturated heterocycles. The Morgan fingerprint density at radius 3 is 2.73 bits per heavy atom. The molecule has 4 heteroatoms. The second kappa shape index (κ2) is 5.16. The van der Waals surface area contributed by atoms with Crippen LogP contribution in [-0.4, -0.2) is 24.7 Å². The van der Waals surface area contributed by atoms with E-state index in [1.54, 1.807) is 6.07 Å². The van der Waals surface area contributed by atoms with Crippen LogP contribution in [0.15, 0.2) is 12.1 Å². The van der Waals surface area contributed by atoms with E-state index in [-0.39, 0.29) is 0 Å². The van der Waals surface area contributed by atoms with Gasteiger partial charge in [-0.05, 0) is 18.1 Å². The molecule has 0 radical (unpaired) electrons. The SMILES string of the molecule is CCC(C)CN(C)c1ccc(C(=O)O)s1. The number of rotatable bonds is 5. The predicted octanol–water partition coefficient (Wildman–Crippen LogP) is 2.93. The van der Waals surface area contributed by atoms with Crippen LogP contribution in [0.3, 0.4) is 0 Å². The first-order valence-electron chi connectivity index (χ1n) is 5.08. The van der Waals surface area contributed by atoms with Crippen molar-refractivity contribution < 1.29 is 9.90 Å². The summed E-state index contributed by atoms with van der Waals surface area (Å²) in [7, 11) is 2.00. The van der Waals surface area contributed by atoms with Gasteiger partial charge in [-0.3, -0.25) is 0 Å². The van der Waals surface area contributed by atoms with Crippen LogP contribution in [-0.2, 0) is 0 Å². The number of hydrogen-bond acceptors (Lipinski definition) is 3. The van der Waals surface area contributed by atoms with E-state index in [9.17, 15) is 4.79 Å². The summed E-state index contributed by atoms with van der Waals surface area (Å²) in [5, 5.41) is 9.82. The van der Waals surface area contributed by atoms with E-state index in [2.05, 4.69) is 18.7 Å². The molecule has 15 heavy (non-hydrogen) atoms. The molecule has 1 atom stereocenters. The Morgan fingerprint density at radius 1 is 1.60 bits per heavy atom. The van der Waals surface area contributed by atoms with Gasteiger partial charge >= 0.3 is 5.97 Å². The fourth-order valence-electron chi connectivity index (χ4n) is 1.33. The van der Waals surface area contributed by atoms with Crippen molar-refractivity contribution in [3.8, 4) is 0 Å². The zero-order chi connectivity index (χ0) is 11.4. The molecule has 1 unspecified atom stereocenters. The lowest BCUT2D eigenvalue weighted by molar-refractivity contribution is 0.0702. The third-order valence-corrected chi connectivity index (χ3v) is 3.65. The van der Waals surface area contributed by atoms with Crippen molar-refractivity contribution in [3.63, 3.8) is 0 Å². The number of nitrogens with zero attached hydrogens (tertiary/aromatic N) is 1. The molecule has 0 fully saturated rings. The normalized spacial score (nSPS) is 12.5. The van der Waals surface area contributed by atoms with Gasteiger partial charge in [0.15, 0.2) is 0 Å². The summed E-state index contributed by atoms with van der Waals surface area (Å²) in [6.07, 6.45) is 1.14. The number of carboxylic acids is 1. The fourth-order valence-corrected chi connectivity index (χ4v) is 2.15. The van der Waals surface area contributed by atoms with E-state index < -0.39 is 5.97 Å². The number of anilines is 1. The molecule has 1 N–H and O–H groups in total. The number of carboxylic acid groups (broad SMARTS) is 1. The summed E-state index contributed by atoms with van der Waals surface area (Å²) in [5.74, 6) is -0.214. The second-order valence-corrected chi connectivity index (χ2v) is 4.90. The molecule has 1 aromatic rings. The van der Waals surface area contributed by atoms with Gasteiger partial charge in [-0.15, -0.1) is 11.3 Å². The average Bonchev–Trinajstić information content (AvgIpc) is 2.66. The first-order valence-corrected chi connectivity index (χ1v) is 5.90. The topological polar surface area (TPSA) is 40.5 Å². The van der Waals surface area contributed by atoms with E-state index in [1.807, 2.05) is 13.1 Å². The fraction of sp³-hybridized carbons (Fsp3) is 0.545. The summed E-state index contributed by atoms with van der Waals surface area (Å²) in [6.45, 7) is 5.33. The Hall–Kier alpha value is -1.03. The monoisotopic (exact) mass is 227 g/mol. The largest absolute Gasteiger partial charge is 0.477 e. The molecule has 0 amide bonds. The van der Waals surface area contributed by atoms with Gasteiger partial charge in [0.25, 0.3) is 0 Å². The van der Waals surface area contributed by atoms with Gasteiger partial charge in [0.05, 0.1) is 5.00 Å². The van der Waals surface area contributed by atoms with Crippen LogP contribution in [0, 0.1) is 5.92 Å². The zero-order valence-corrected chi connectivity index (χ0v) is 10.2. The quantitative estimate of drug-likeness (QED) is 0.840. The van der Waals surface area contributed by atoms with Crippen molar-refractivity contribution in [1.82, 2.24) is 0 Å². The maximum Gasteiger partial charge on any atom is 0.345 e. The van der Waals surface area contributed by atoms with Crippen LogP contribution in [0.1, 0.15) is 29.9 Å². The Labute approximate surface area is 94.3 Å². The molecule has 0 aliphatic carbocycles. The van der Waals surface area contributed by atoms with Crippen LogP contribution in [0.2, 0.25) is 0 Å². The van der Waals surface area contributed by atoms with Gasteiger partial charge in [0.1, 0.15) is 4.88 Å². The minimum atomic E-state index is -0.844. The molecule has 1 aromatic heterocycles. The van der Waals surface area contributed by atoms with Crippen LogP contribution < -0.4 is 4.90 Å². The van der Waals surface area contributed by atoms with Crippen LogP contribution >= 0.6 is 11.3 Å². The minimum absolute atomic E-state index is 0.404. The zero-order valence-electron chi connectivity index (χ0n) is 9.36. The van der Waals surface area contributed by atoms with Crippen LogP contribution in [0.5, 0.6) is 0 Å². The Bertz CT molecular complexity index is 335. The van der Waals surface area contributed by atoms with E-state index in [1.165, 1.54) is 11.3 Å². The van der Waals surface area contributed by atoms with Crippen molar-refractivity contribution in [2.24, 2.45) is 5.92 Å². The standard InChI is InChI=1S/C11H17NO2S/c1-4-8(2)7-12(3)10-6-5-9(15-10)11(13)14/h5-6,8H,4,7H2,1-3H3,(H,13,14). The highest BCUT2D eigenvalue weighted by molar-refractivity contribution is 7.17. The third kappa shape index (κ3) is 3.23. The van der Waals surface area contributed by atoms with Crippen molar-refractivity contribution >= 4 is 22.3 Å². The van der Waals surface area contributed by atoms with Crippen molar-refractivity contribution in [3.05, 3.63) is 17.0 Å². The highest BCUT2D eigenvalue weighted by atomic mass is 32.1. The van der Waals surface area contributed by atoms with Crippen LogP contribution in [0.4, 0.5) is 5.00 Å². The van der Waals surface area contributed by atoms with Gasteiger partial charge in [-0.2, -0.15) is 0 Å². The summed E-state index contributed by atoms with van der Waals surface area (Å²) in [6, 6.07) is 3.53. The lowest BCUT2D eigenvalue weighted by atomic mass is 10.1. The van der Waals surface area contributed by atoms with E-state index >= 15 is 0 Å². The molecule has 1 rings (SSSR count). The Balaban J connectivity index is 2.65. The number of hydrogen-bond donors (Lipinski definition) is 1. The van der Waals surface area contributed by atoms with Crippen molar-refractivity contribution in [2.75, 3.05) is 18.5 Å². The lowest BCUT2D eigenvalue weighted by Gasteiger charge is -2.20. The maximum atomic E-state index is 10.7. The Kier molecular flexibility index (Phi) is 4.15. The van der Waals surface area contributed by atoms with E-state index in [0.29, 0.717) is 10.8 Å². The predicted molar refractivity (Wildman–Crippen MR) is 64.0 cm³/mol.